The number of unbranched alkanes of at least 4 members (excludes halogenated alkanes) is 1. The molecule has 2 aromatic carbocycles. The fraction of sp³-hybridized carbons (Fsp3) is 0.238. The van der Waals surface area contributed by atoms with Crippen LogP contribution in [0.15, 0.2) is 66.7 Å². The monoisotopic (exact) mass is 368 g/mol. The van der Waals surface area contributed by atoms with E-state index in [1.165, 1.54) is 6.08 Å². The summed E-state index contributed by atoms with van der Waals surface area (Å²) in [7, 11) is 0. The lowest BCUT2D eigenvalue weighted by Gasteiger charge is -2.25. The molecule has 5 heteroatoms. The number of nitrogens with zero attached hydrogens (tertiary/aromatic N) is 1. The zero-order valence-electron chi connectivity index (χ0n) is 14.7. The van der Waals surface area contributed by atoms with Crippen molar-refractivity contribution < 1.29 is 9.90 Å². The van der Waals surface area contributed by atoms with Gasteiger partial charge in [-0.3, -0.25) is 10.1 Å². The van der Waals surface area contributed by atoms with Gasteiger partial charge >= 0.3 is 0 Å². The van der Waals surface area contributed by atoms with E-state index in [2.05, 4.69) is 5.32 Å². The molecule has 1 amide bonds. The highest BCUT2D eigenvalue weighted by Crippen LogP contribution is 2.07. The molecule has 0 radical (unpaired) electrons. The molecule has 4 nitrogen and oxygen atoms in total. The molecule has 0 bridgehead atoms. The van der Waals surface area contributed by atoms with Gasteiger partial charge in [0.2, 0.25) is 5.91 Å². The first-order valence-electron chi connectivity index (χ1n) is 8.67. The molecule has 0 spiro atoms. The minimum absolute atomic E-state index is 0.151. The van der Waals surface area contributed by atoms with Gasteiger partial charge in [-0.1, -0.05) is 60.7 Å². The lowest BCUT2D eigenvalue weighted by Crippen LogP contribution is -2.42. The van der Waals surface area contributed by atoms with Crippen molar-refractivity contribution in [1.29, 1.82) is 0 Å². The molecule has 2 rings (SSSR count). The first kappa shape index (κ1) is 19.8. The van der Waals surface area contributed by atoms with Crippen LogP contribution in [-0.4, -0.2) is 34.2 Å². The minimum Gasteiger partial charge on any atom is -0.396 e. The van der Waals surface area contributed by atoms with E-state index >= 15 is 0 Å². The Balaban J connectivity index is 1.95. The van der Waals surface area contributed by atoms with Gasteiger partial charge in [0.15, 0.2) is 5.11 Å². The molecule has 0 atom stereocenters. The Kier molecular flexibility index (Phi) is 8.52. The Hall–Kier alpha value is -2.50. The first-order valence-corrected chi connectivity index (χ1v) is 9.07. The van der Waals surface area contributed by atoms with E-state index in [-0.39, 0.29) is 12.5 Å². The van der Waals surface area contributed by atoms with E-state index in [1.54, 1.807) is 6.08 Å². The fourth-order valence-corrected chi connectivity index (χ4v) is 2.69. The number of amides is 1. The fourth-order valence-electron chi connectivity index (χ4n) is 2.43. The predicted octanol–water partition coefficient (Wildman–Crippen LogP) is 3.38. The average Bonchev–Trinajstić information content (AvgIpc) is 2.67. The zero-order valence-corrected chi connectivity index (χ0v) is 15.5. The van der Waals surface area contributed by atoms with Gasteiger partial charge in [0, 0.05) is 25.8 Å². The third-order valence-corrected chi connectivity index (χ3v) is 4.16. The van der Waals surface area contributed by atoms with Crippen molar-refractivity contribution in [1.82, 2.24) is 10.2 Å². The molecular weight excluding hydrogens is 344 g/mol. The Morgan fingerprint density at radius 3 is 2.35 bits per heavy atom. The van der Waals surface area contributed by atoms with Gasteiger partial charge in [-0.2, -0.15) is 0 Å². The van der Waals surface area contributed by atoms with Gasteiger partial charge in [0.1, 0.15) is 0 Å². The average molecular weight is 369 g/mol. The van der Waals surface area contributed by atoms with Gasteiger partial charge in [-0.15, -0.1) is 0 Å². The number of aliphatic hydroxyl groups excluding tert-OH is 1. The van der Waals surface area contributed by atoms with Crippen LogP contribution < -0.4 is 5.32 Å². The van der Waals surface area contributed by atoms with Crippen LogP contribution in [0, 0.1) is 0 Å². The molecule has 0 aliphatic rings. The molecule has 0 fully saturated rings. The molecular formula is C21H24N2O2S. The Bertz CT molecular complexity index is 717. The number of rotatable bonds is 8. The number of hydrogen-bond acceptors (Lipinski definition) is 3. The highest BCUT2D eigenvalue weighted by atomic mass is 32.1. The quantitative estimate of drug-likeness (QED) is 0.426. The van der Waals surface area contributed by atoms with Crippen LogP contribution in [0.1, 0.15) is 24.0 Å². The largest absolute Gasteiger partial charge is 0.396 e. The van der Waals surface area contributed by atoms with Crippen LogP contribution in [0.25, 0.3) is 6.08 Å². The minimum atomic E-state index is -0.251. The number of carbonyl (C=O) groups excluding carboxylic acids is 1. The maximum Gasteiger partial charge on any atom is 0.250 e. The van der Waals surface area contributed by atoms with E-state index in [1.807, 2.05) is 65.6 Å². The second-order valence-corrected chi connectivity index (χ2v) is 6.26. The molecule has 0 saturated heterocycles. The van der Waals surface area contributed by atoms with Crippen molar-refractivity contribution in [2.75, 3.05) is 13.2 Å². The smallest absolute Gasteiger partial charge is 0.250 e. The maximum atomic E-state index is 12.2. The van der Waals surface area contributed by atoms with Crippen molar-refractivity contribution >= 4 is 29.3 Å². The summed E-state index contributed by atoms with van der Waals surface area (Å²) in [6, 6.07) is 19.6. The second-order valence-electron chi connectivity index (χ2n) is 5.88. The van der Waals surface area contributed by atoms with E-state index < -0.39 is 0 Å². The van der Waals surface area contributed by atoms with Crippen molar-refractivity contribution in [3.05, 3.63) is 77.9 Å². The van der Waals surface area contributed by atoms with Crippen molar-refractivity contribution in [2.24, 2.45) is 0 Å². The van der Waals surface area contributed by atoms with Gasteiger partial charge in [0.25, 0.3) is 0 Å². The molecule has 0 aliphatic carbocycles. The van der Waals surface area contributed by atoms with Crippen molar-refractivity contribution in [2.45, 2.75) is 19.4 Å². The molecule has 26 heavy (non-hydrogen) atoms. The van der Waals surface area contributed by atoms with Gasteiger partial charge < -0.3 is 10.0 Å². The van der Waals surface area contributed by atoms with Crippen molar-refractivity contribution in [3.8, 4) is 0 Å². The lowest BCUT2D eigenvalue weighted by molar-refractivity contribution is -0.115. The summed E-state index contributed by atoms with van der Waals surface area (Å²) in [5.74, 6) is -0.251. The number of hydrogen-bond donors (Lipinski definition) is 2. The Labute approximate surface area is 160 Å². The van der Waals surface area contributed by atoms with E-state index in [0.29, 0.717) is 24.6 Å². The molecule has 0 aliphatic heterocycles. The number of benzene rings is 2. The van der Waals surface area contributed by atoms with Gasteiger partial charge in [-0.05, 0) is 42.3 Å². The summed E-state index contributed by atoms with van der Waals surface area (Å²) in [6.45, 7) is 1.45. The summed E-state index contributed by atoms with van der Waals surface area (Å²) in [4.78, 5) is 14.1. The summed E-state index contributed by atoms with van der Waals surface area (Å²) in [6.07, 6.45) is 4.75. The Morgan fingerprint density at radius 2 is 1.69 bits per heavy atom. The summed E-state index contributed by atoms with van der Waals surface area (Å²) < 4.78 is 0. The topological polar surface area (TPSA) is 52.6 Å². The van der Waals surface area contributed by atoms with Crippen LogP contribution in [0.3, 0.4) is 0 Å². The van der Waals surface area contributed by atoms with Crippen molar-refractivity contribution in [3.63, 3.8) is 0 Å². The number of carbonyl (C=O) groups is 1. The number of aliphatic hydroxyl groups is 1. The van der Waals surface area contributed by atoms with Gasteiger partial charge in [0.05, 0.1) is 0 Å². The highest BCUT2D eigenvalue weighted by Gasteiger charge is 2.12. The van der Waals surface area contributed by atoms with Crippen LogP contribution in [0.5, 0.6) is 0 Å². The Morgan fingerprint density at radius 1 is 1.04 bits per heavy atom. The van der Waals surface area contributed by atoms with Gasteiger partial charge in [-0.25, -0.2) is 0 Å². The molecule has 2 aromatic rings. The SMILES string of the molecule is O=C(C=Cc1ccccc1)NC(=S)N(CCCCO)Cc1ccccc1. The lowest BCUT2D eigenvalue weighted by atomic mass is 10.2. The summed E-state index contributed by atoms with van der Waals surface area (Å²) in [5.41, 5.74) is 2.07. The van der Waals surface area contributed by atoms with E-state index in [0.717, 1.165) is 17.5 Å². The molecule has 0 saturated carbocycles. The molecule has 2 N–H and O–H groups in total. The standard InChI is InChI=1S/C21H24N2O2S/c24-16-8-7-15-23(17-19-11-5-2-6-12-19)21(26)22-20(25)14-13-18-9-3-1-4-10-18/h1-6,9-14,24H,7-8,15-17H2,(H,22,25,26). The summed E-state index contributed by atoms with van der Waals surface area (Å²) >= 11 is 5.43. The molecule has 136 valence electrons. The van der Waals surface area contributed by atoms with E-state index in [9.17, 15) is 4.79 Å². The third-order valence-electron chi connectivity index (χ3n) is 3.80. The predicted molar refractivity (Wildman–Crippen MR) is 109 cm³/mol. The van der Waals surface area contributed by atoms with E-state index in [4.69, 9.17) is 17.3 Å². The van der Waals surface area contributed by atoms with Crippen LogP contribution in [-0.2, 0) is 11.3 Å². The number of nitrogens with one attached hydrogen (secondary N) is 1. The molecule has 0 aromatic heterocycles. The second kappa shape index (κ2) is 11.2. The van der Waals surface area contributed by atoms with Crippen LogP contribution >= 0.6 is 12.2 Å². The molecule has 0 heterocycles. The number of thiocarbonyl (C=S) groups is 1. The third kappa shape index (κ3) is 7.17. The maximum absolute atomic E-state index is 12.2. The highest BCUT2D eigenvalue weighted by molar-refractivity contribution is 7.80. The van der Waals surface area contributed by atoms with Crippen LogP contribution in [0.2, 0.25) is 0 Å². The zero-order chi connectivity index (χ0) is 18.6. The summed E-state index contributed by atoms with van der Waals surface area (Å²) in [5, 5.41) is 12.2. The van der Waals surface area contributed by atoms with Crippen LogP contribution in [0.4, 0.5) is 0 Å². The molecule has 0 unspecified atom stereocenters. The first-order chi connectivity index (χ1) is 12.7. The normalized spacial score (nSPS) is 10.7.